The van der Waals surface area contributed by atoms with Gasteiger partial charge in [0.15, 0.2) is 0 Å². The zero-order chi connectivity index (χ0) is 20.7. The predicted octanol–water partition coefficient (Wildman–Crippen LogP) is 5.37. The van der Waals surface area contributed by atoms with Gasteiger partial charge in [-0.3, -0.25) is 4.79 Å². The highest BCUT2D eigenvalue weighted by atomic mass is 35.5. The fraction of sp³-hybridized carbons (Fsp3) is 0.391. The topological polar surface area (TPSA) is 59.0 Å². The lowest BCUT2D eigenvalue weighted by atomic mass is 9.88. The normalized spacial score (nSPS) is 14.5. The molecular formula is C23H29Cl2FN4O. The summed E-state index contributed by atoms with van der Waals surface area (Å²) in [6.07, 6.45) is 0. The Balaban J connectivity index is 0.00000171. The number of nitrogens with one attached hydrogen (secondary N) is 2. The van der Waals surface area contributed by atoms with Crippen LogP contribution in [0.5, 0.6) is 0 Å². The van der Waals surface area contributed by atoms with Crippen LogP contribution in [0.4, 0.5) is 10.1 Å². The first-order valence-electron chi connectivity index (χ1n) is 10.1. The summed E-state index contributed by atoms with van der Waals surface area (Å²) in [5.41, 5.74) is 4.29. The summed E-state index contributed by atoms with van der Waals surface area (Å²) < 4.78 is 15.8. The molecule has 1 atom stereocenters. The van der Waals surface area contributed by atoms with Gasteiger partial charge in [0.2, 0.25) is 5.91 Å². The third kappa shape index (κ3) is 4.86. The van der Waals surface area contributed by atoms with Gasteiger partial charge in [0.1, 0.15) is 11.6 Å². The summed E-state index contributed by atoms with van der Waals surface area (Å²) in [4.78, 5) is 17.3. The van der Waals surface area contributed by atoms with Crippen molar-refractivity contribution in [3.8, 4) is 11.4 Å². The maximum atomic E-state index is 13.8. The number of aromatic nitrogens is 2. The molecule has 2 heterocycles. The second-order valence-electron chi connectivity index (χ2n) is 8.26. The number of rotatable bonds is 5. The molecule has 1 aliphatic heterocycles. The van der Waals surface area contributed by atoms with Gasteiger partial charge in [-0.05, 0) is 81.7 Å². The van der Waals surface area contributed by atoms with Crippen LogP contribution in [0.2, 0.25) is 0 Å². The minimum absolute atomic E-state index is 0. The number of halogens is 3. The van der Waals surface area contributed by atoms with Gasteiger partial charge in [0, 0.05) is 23.2 Å². The molecular weight excluding hydrogens is 438 g/mol. The molecule has 1 saturated heterocycles. The summed E-state index contributed by atoms with van der Waals surface area (Å²) in [5, 5.41) is 6.28. The van der Waals surface area contributed by atoms with E-state index in [9.17, 15) is 9.18 Å². The number of hydrogen-bond acceptors (Lipinski definition) is 3. The van der Waals surface area contributed by atoms with Crippen LogP contribution in [0.1, 0.15) is 32.4 Å². The molecule has 1 aliphatic rings. The van der Waals surface area contributed by atoms with Crippen LogP contribution >= 0.6 is 24.8 Å². The summed E-state index contributed by atoms with van der Waals surface area (Å²) in [6, 6.07) is 10.7. The quantitative estimate of drug-likeness (QED) is 0.531. The number of carbonyl (C=O) groups is 1. The molecule has 0 bridgehead atoms. The largest absolute Gasteiger partial charge is 0.326 e. The Hall–Kier alpha value is -2.15. The van der Waals surface area contributed by atoms with Gasteiger partial charge < -0.3 is 15.2 Å². The highest BCUT2D eigenvalue weighted by Gasteiger charge is 2.29. The lowest BCUT2D eigenvalue weighted by Crippen LogP contribution is -2.48. The number of fused-ring (bicyclic) bond motifs is 1. The Morgan fingerprint density at radius 3 is 2.45 bits per heavy atom. The van der Waals surface area contributed by atoms with Crippen molar-refractivity contribution in [1.29, 1.82) is 0 Å². The summed E-state index contributed by atoms with van der Waals surface area (Å²) in [5.74, 6) is 0.972. The van der Waals surface area contributed by atoms with Crippen LogP contribution in [0, 0.1) is 24.6 Å². The molecule has 1 unspecified atom stereocenters. The molecule has 0 radical (unpaired) electrons. The molecule has 0 aliphatic carbocycles. The summed E-state index contributed by atoms with van der Waals surface area (Å²) in [7, 11) is 0. The van der Waals surface area contributed by atoms with E-state index >= 15 is 0 Å². The maximum absolute atomic E-state index is 13.8. The highest BCUT2D eigenvalue weighted by molar-refractivity contribution is 5.93. The Kier molecular flexibility index (Phi) is 8.09. The van der Waals surface area contributed by atoms with Crippen molar-refractivity contribution in [2.45, 2.75) is 33.7 Å². The minimum atomic E-state index is -0.268. The molecule has 3 aromatic rings. The molecule has 0 saturated carbocycles. The average Bonchev–Trinajstić information content (AvgIpc) is 3.00. The predicted molar refractivity (Wildman–Crippen MR) is 129 cm³/mol. The van der Waals surface area contributed by atoms with Crippen LogP contribution in [0.15, 0.2) is 36.4 Å². The Morgan fingerprint density at radius 2 is 1.87 bits per heavy atom. The van der Waals surface area contributed by atoms with E-state index in [1.54, 1.807) is 6.07 Å². The number of hydrogen-bond donors (Lipinski definition) is 2. The van der Waals surface area contributed by atoms with Gasteiger partial charge in [-0.25, -0.2) is 9.37 Å². The number of anilines is 1. The number of carbonyl (C=O) groups excluding carboxylic acids is 1. The molecule has 2 aromatic carbocycles. The van der Waals surface area contributed by atoms with Crippen molar-refractivity contribution in [2.24, 2.45) is 11.8 Å². The molecule has 168 valence electrons. The molecule has 0 spiro atoms. The second kappa shape index (κ2) is 9.98. The Bertz CT molecular complexity index is 1080. The van der Waals surface area contributed by atoms with E-state index in [2.05, 4.69) is 29.0 Å². The van der Waals surface area contributed by atoms with E-state index < -0.39 is 0 Å². The van der Waals surface area contributed by atoms with Crippen molar-refractivity contribution in [3.05, 3.63) is 47.8 Å². The third-order valence-corrected chi connectivity index (χ3v) is 5.84. The summed E-state index contributed by atoms with van der Waals surface area (Å²) in [6.45, 7) is 9.89. The molecule has 2 N–H and O–H groups in total. The van der Waals surface area contributed by atoms with E-state index in [4.69, 9.17) is 4.98 Å². The lowest BCUT2D eigenvalue weighted by molar-refractivity contribution is -0.121. The van der Waals surface area contributed by atoms with Crippen molar-refractivity contribution < 1.29 is 9.18 Å². The van der Waals surface area contributed by atoms with Gasteiger partial charge in [0.25, 0.3) is 0 Å². The molecule has 5 nitrogen and oxygen atoms in total. The fourth-order valence-corrected chi connectivity index (χ4v) is 3.86. The first kappa shape index (κ1) is 25.1. The van der Waals surface area contributed by atoms with Crippen LogP contribution in [-0.2, 0) is 4.79 Å². The molecule has 1 fully saturated rings. The van der Waals surface area contributed by atoms with Crippen LogP contribution in [0.3, 0.4) is 0 Å². The number of amides is 1. The van der Waals surface area contributed by atoms with Crippen LogP contribution in [-0.4, -0.2) is 28.5 Å². The number of nitrogens with zero attached hydrogens (tertiary/aromatic N) is 2. The van der Waals surface area contributed by atoms with E-state index in [-0.39, 0.29) is 48.5 Å². The SMILES string of the molecule is Cc1cc(-c2nc3ccc(F)cc3n2C(C)C)ccc1NC(=O)C(C)C1CNC1.Cl.Cl. The smallest absolute Gasteiger partial charge is 0.227 e. The van der Waals surface area contributed by atoms with Gasteiger partial charge in [-0.15, -0.1) is 24.8 Å². The Morgan fingerprint density at radius 1 is 1.16 bits per heavy atom. The molecule has 4 rings (SSSR count). The highest BCUT2D eigenvalue weighted by Crippen LogP contribution is 2.31. The van der Waals surface area contributed by atoms with Crippen LogP contribution < -0.4 is 10.6 Å². The Labute approximate surface area is 194 Å². The molecule has 1 amide bonds. The van der Waals surface area contributed by atoms with Crippen molar-refractivity contribution in [3.63, 3.8) is 0 Å². The van der Waals surface area contributed by atoms with E-state index in [1.165, 1.54) is 12.1 Å². The maximum Gasteiger partial charge on any atom is 0.227 e. The zero-order valence-corrected chi connectivity index (χ0v) is 19.7. The lowest BCUT2D eigenvalue weighted by Gasteiger charge is -2.31. The summed E-state index contributed by atoms with van der Waals surface area (Å²) >= 11 is 0. The second-order valence-corrected chi connectivity index (χ2v) is 8.26. The van der Waals surface area contributed by atoms with Gasteiger partial charge in [-0.2, -0.15) is 0 Å². The van der Waals surface area contributed by atoms with Gasteiger partial charge in [-0.1, -0.05) is 6.92 Å². The fourth-order valence-electron chi connectivity index (χ4n) is 3.86. The number of aryl methyl sites for hydroxylation is 1. The van der Waals surface area contributed by atoms with E-state index in [0.717, 1.165) is 46.8 Å². The van der Waals surface area contributed by atoms with Crippen molar-refractivity contribution in [1.82, 2.24) is 14.9 Å². The van der Waals surface area contributed by atoms with E-state index in [1.807, 2.05) is 32.0 Å². The first-order chi connectivity index (χ1) is 13.8. The number of benzene rings is 2. The van der Waals surface area contributed by atoms with Crippen LogP contribution in [0.25, 0.3) is 22.4 Å². The monoisotopic (exact) mass is 466 g/mol. The van der Waals surface area contributed by atoms with Crippen molar-refractivity contribution >= 4 is 47.4 Å². The zero-order valence-electron chi connectivity index (χ0n) is 18.1. The molecule has 8 heteroatoms. The molecule has 1 aromatic heterocycles. The minimum Gasteiger partial charge on any atom is -0.326 e. The molecule has 31 heavy (non-hydrogen) atoms. The number of imidazole rings is 1. The van der Waals surface area contributed by atoms with Crippen molar-refractivity contribution in [2.75, 3.05) is 18.4 Å². The van der Waals surface area contributed by atoms with Gasteiger partial charge >= 0.3 is 0 Å². The van der Waals surface area contributed by atoms with Gasteiger partial charge in [0.05, 0.1) is 11.0 Å². The average molecular weight is 467 g/mol. The first-order valence-corrected chi connectivity index (χ1v) is 10.1. The van der Waals surface area contributed by atoms with E-state index in [0.29, 0.717) is 5.92 Å². The third-order valence-electron chi connectivity index (χ3n) is 5.84. The standard InChI is InChI=1S/C23H27FN4O.2ClH/c1-13(2)28-21-10-18(24)6-8-20(21)26-22(28)16-5-7-19(14(3)9-16)27-23(29)15(4)17-11-25-12-17;;/h5-10,13,15,17,25H,11-12H2,1-4H3,(H,27,29);2*1H.